The molecule has 2 nitrogen and oxygen atoms in total. The number of anilines is 3. The lowest BCUT2D eigenvalue weighted by molar-refractivity contribution is 0.952. The predicted octanol–water partition coefficient (Wildman–Crippen LogP) is 5.76. The highest BCUT2D eigenvalue weighted by Gasteiger charge is 2.27. The molecule has 0 radical (unpaired) electrons. The van der Waals surface area contributed by atoms with E-state index in [-0.39, 0.29) is 0 Å². The van der Waals surface area contributed by atoms with Crippen LogP contribution in [0.2, 0.25) is 0 Å². The average molecular weight is 414 g/mol. The number of rotatable bonds is 4. The van der Waals surface area contributed by atoms with Crippen molar-refractivity contribution in [1.29, 1.82) is 0 Å². The van der Waals surface area contributed by atoms with Gasteiger partial charge in [-0.25, -0.2) is 0 Å². The Hall–Kier alpha value is -0.650. The van der Waals surface area contributed by atoms with Gasteiger partial charge in [0, 0.05) is 16.3 Å². The van der Waals surface area contributed by atoms with E-state index in [0.29, 0.717) is 0 Å². The van der Waals surface area contributed by atoms with Crippen molar-refractivity contribution in [3.63, 3.8) is 0 Å². The SMILES string of the molecule is BrCCCN1SN(c2cccc(Br)c2)c2ccccc21. The minimum absolute atomic E-state index is 1.03. The van der Waals surface area contributed by atoms with E-state index in [1.54, 1.807) is 12.1 Å². The number of nitrogens with zero attached hydrogens (tertiary/aromatic N) is 2. The normalized spacial score (nSPS) is 13.7. The van der Waals surface area contributed by atoms with Crippen molar-refractivity contribution >= 4 is 61.1 Å². The Kier molecular flexibility index (Phi) is 4.58. The molecule has 0 atom stereocenters. The van der Waals surface area contributed by atoms with Crippen molar-refractivity contribution in [2.75, 3.05) is 20.5 Å². The molecule has 0 aromatic heterocycles. The van der Waals surface area contributed by atoms with Crippen LogP contribution in [0, 0.1) is 0 Å². The summed E-state index contributed by atoms with van der Waals surface area (Å²) < 4.78 is 5.75. The molecule has 0 N–H and O–H groups in total. The molecule has 2 aromatic carbocycles. The average Bonchev–Trinajstić information content (AvgIpc) is 2.84. The van der Waals surface area contributed by atoms with Crippen molar-refractivity contribution in [1.82, 2.24) is 0 Å². The van der Waals surface area contributed by atoms with E-state index in [1.165, 1.54) is 17.1 Å². The largest absolute Gasteiger partial charge is 0.296 e. The van der Waals surface area contributed by atoms with E-state index in [2.05, 4.69) is 89.0 Å². The molecule has 0 saturated heterocycles. The molecule has 1 aliphatic heterocycles. The molecule has 3 rings (SSSR count). The van der Waals surface area contributed by atoms with Gasteiger partial charge in [-0.1, -0.05) is 50.1 Å². The first kappa shape index (κ1) is 14.3. The molecule has 20 heavy (non-hydrogen) atoms. The van der Waals surface area contributed by atoms with Gasteiger partial charge in [-0.05, 0) is 36.8 Å². The first-order chi connectivity index (χ1) is 9.79. The smallest absolute Gasteiger partial charge is 0.0784 e. The predicted molar refractivity (Wildman–Crippen MR) is 96.1 cm³/mol. The lowest BCUT2D eigenvalue weighted by Gasteiger charge is -2.19. The van der Waals surface area contributed by atoms with Crippen LogP contribution >= 0.6 is 44.0 Å². The zero-order chi connectivity index (χ0) is 13.9. The number of halogens is 2. The number of hydrogen-bond acceptors (Lipinski definition) is 3. The number of benzene rings is 2. The van der Waals surface area contributed by atoms with Gasteiger partial charge in [0.1, 0.15) is 0 Å². The van der Waals surface area contributed by atoms with Gasteiger partial charge in [0.25, 0.3) is 0 Å². The molecule has 1 heterocycles. The highest BCUT2D eigenvalue weighted by Crippen LogP contribution is 2.48. The fraction of sp³-hybridized carbons (Fsp3) is 0.200. The summed E-state index contributed by atoms with van der Waals surface area (Å²) in [4.78, 5) is 0. The van der Waals surface area contributed by atoms with Crippen molar-refractivity contribution < 1.29 is 0 Å². The maximum Gasteiger partial charge on any atom is 0.0784 e. The molecule has 0 spiro atoms. The van der Waals surface area contributed by atoms with E-state index < -0.39 is 0 Å². The molecule has 104 valence electrons. The van der Waals surface area contributed by atoms with Gasteiger partial charge in [-0.3, -0.25) is 8.61 Å². The van der Waals surface area contributed by atoms with Crippen molar-refractivity contribution in [2.45, 2.75) is 6.42 Å². The van der Waals surface area contributed by atoms with Crippen LogP contribution in [0.25, 0.3) is 0 Å². The Balaban J connectivity index is 1.94. The third kappa shape index (κ3) is 2.85. The molecule has 0 fully saturated rings. The first-order valence-electron chi connectivity index (χ1n) is 6.46. The molecule has 5 heteroatoms. The highest BCUT2D eigenvalue weighted by molar-refractivity contribution is 9.10. The molecule has 1 aliphatic rings. The summed E-state index contributed by atoms with van der Waals surface area (Å²) in [5, 5.41) is 1.03. The summed E-state index contributed by atoms with van der Waals surface area (Å²) in [6, 6.07) is 17.0. The van der Waals surface area contributed by atoms with Crippen molar-refractivity contribution in [3.05, 3.63) is 53.0 Å². The van der Waals surface area contributed by atoms with Gasteiger partial charge < -0.3 is 0 Å². The van der Waals surface area contributed by atoms with E-state index in [4.69, 9.17) is 0 Å². The summed E-state index contributed by atoms with van der Waals surface area (Å²) in [5.74, 6) is 0. The highest BCUT2D eigenvalue weighted by atomic mass is 79.9. The topological polar surface area (TPSA) is 6.48 Å². The second-order valence-corrected chi connectivity index (χ2v) is 7.17. The molecular formula is C15H14Br2N2S. The van der Waals surface area contributed by atoms with E-state index in [1.807, 2.05) is 0 Å². The standard InChI is InChI=1S/C15H14Br2N2S/c16-9-4-10-18-14-7-1-2-8-15(14)19(20-18)13-6-3-5-12(17)11-13/h1-3,5-8,11H,4,9-10H2. The fourth-order valence-electron chi connectivity index (χ4n) is 2.19. The van der Waals surface area contributed by atoms with E-state index in [9.17, 15) is 0 Å². The first-order valence-corrected chi connectivity index (χ1v) is 9.10. The summed E-state index contributed by atoms with van der Waals surface area (Å²) in [7, 11) is 0. The minimum atomic E-state index is 1.03. The van der Waals surface area contributed by atoms with Gasteiger partial charge in [0.2, 0.25) is 0 Å². The summed E-state index contributed by atoms with van der Waals surface area (Å²) in [5.41, 5.74) is 3.74. The quantitative estimate of drug-likeness (QED) is 0.465. The molecular weight excluding hydrogens is 400 g/mol. The molecule has 0 amide bonds. The van der Waals surface area contributed by atoms with Gasteiger partial charge in [-0.2, -0.15) is 0 Å². The number of hydrogen-bond donors (Lipinski definition) is 0. The van der Waals surface area contributed by atoms with Crippen LogP contribution in [-0.4, -0.2) is 11.9 Å². The Morgan fingerprint density at radius 2 is 1.80 bits per heavy atom. The zero-order valence-corrected chi connectivity index (χ0v) is 14.8. The maximum absolute atomic E-state index is 3.55. The van der Waals surface area contributed by atoms with Gasteiger partial charge in [-0.15, -0.1) is 0 Å². The van der Waals surface area contributed by atoms with Crippen LogP contribution in [0.3, 0.4) is 0 Å². The van der Waals surface area contributed by atoms with Crippen molar-refractivity contribution in [2.24, 2.45) is 0 Å². The summed E-state index contributed by atoms with van der Waals surface area (Å²) >= 11 is 8.83. The number of fused-ring (bicyclic) bond motifs is 1. The van der Waals surface area contributed by atoms with Crippen LogP contribution in [0.5, 0.6) is 0 Å². The second-order valence-electron chi connectivity index (χ2n) is 4.49. The van der Waals surface area contributed by atoms with Crippen molar-refractivity contribution in [3.8, 4) is 0 Å². The van der Waals surface area contributed by atoms with Gasteiger partial charge in [0.15, 0.2) is 0 Å². The molecule has 0 saturated carbocycles. The van der Waals surface area contributed by atoms with Gasteiger partial charge >= 0.3 is 0 Å². The Morgan fingerprint density at radius 3 is 2.55 bits per heavy atom. The zero-order valence-electron chi connectivity index (χ0n) is 10.8. The number of para-hydroxylation sites is 2. The van der Waals surface area contributed by atoms with Crippen LogP contribution in [0.15, 0.2) is 53.0 Å². The Labute approximate surface area is 140 Å². The summed E-state index contributed by atoms with van der Waals surface area (Å²) in [6.07, 6.45) is 1.13. The second kappa shape index (κ2) is 6.41. The lowest BCUT2D eigenvalue weighted by atomic mass is 10.2. The van der Waals surface area contributed by atoms with E-state index in [0.717, 1.165) is 22.8 Å². The van der Waals surface area contributed by atoms with Crippen LogP contribution in [0.1, 0.15) is 6.42 Å². The lowest BCUT2D eigenvalue weighted by Crippen LogP contribution is -2.15. The van der Waals surface area contributed by atoms with Crippen LogP contribution in [-0.2, 0) is 0 Å². The Bertz CT molecular complexity index is 606. The maximum atomic E-state index is 3.55. The molecule has 2 aromatic rings. The van der Waals surface area contributed by atoms with E-state index >= 15 is 0 Å². The van der Waals surface area contributed by atoms with Gasteiger partial charge in [0.05, 0.1) is 29.2 Å². The molecule has 0 aliphatic carbocycles. The third-order valence-corrected chi connectivity index (χ3v) is 5.29. The number of alkyl halides is 1. The third-order valence-electron chi connectivity index (χ3n) is 3.09. The minimum Gasteiger partial charge on any atom is -0.296 e. The fourth-order valence-corrected chi connectivity index (χ4v) is 3.92. The molecule has 0 bridgehead atoms. The summed E-state index contributed by atoms with van der Waals surface area (Å²) in [6.45, 7) is 1.04. The molecule has 0 unspecified atom stereocenters. The van der Waals surface area contributed by atoms with Crippen LogP contribution < -0.4 is 8.61 Å². The monoisotopic (exact) mass is 412 g/mol. The Morgan fingerprint density at radius 1 is 1.00 bits per heavy atom. The van der Waals surface area contributed by atoms with Crippen LogP contribution in [0.4, 0.5) is 17.1 Å².